The van der Waals surface area contributed by atoms with Crippen molar-refractivity contribution in [2.24, 2.45) is 5.73 Å². The molecule has 0 aromatic carbocycles. The molecule has 0 spiro atoms. The van der Waals surface area contributed by atoms with Crippen molar-refractivity contribution in [3.8, 4) is 0 Å². The summed E-state index contributed by atoms with van der Waals surface area (Å²) in [4.78, 5) is 4.54. The Hall–Kier alpha value is -0.450. The van der Waals surface area contributed by atoms with Crippen LogP contribution in [-0.2, 0) is 10.2 Å². The van der Waals surface area contributed by atoms with E-state index in [2.05, 4.69) is 25.8 Å². The molecule has 0 radical (unpaired) electrons. The molecule has 4 heteroatoms. The molecule has 1 rings (SSSR count). The van der Waals surface area contributed by atoms with Gasteiger partial charge in [-0.2, -0.15) is 0 Å². The van der Waals surface area contributed by atoms with E-state index in [-0.39, 0.29) is 11.5 Å². The fourth-order valence-corrected chi connectivity index (χ4v) is 2.06. The number of thiazole rings is 1. The first-order valence-corrected chi connectivity index (χ1v) is 5.55. The maximum absolute atomic E-state index is 5.57. The summed E-state index contributed by atoms with van der Waals surface area (Å²) in [6, 6.07) is 0. The molecular formula is C10H18N2OS. The highest BCUT2D eigenvalue weighted by Gasteiger charge is 2.20. The molecule has 0 aliphatic rings. The van der Waals surface area contributed by atoms with Crippen molar-refractivity contribution in [2.45, 2.75) is 32.3 Å². The molecule has 1 heterocycles. The van der Waals surface area contributed by atoms with Gasteiger partial charge in [0, 0.05) is 24.4 Å². The molecule has 0 aliphatic carbocycles. The number of hydrogen-bond donors (Lipinski definition) is 1. The second-order valence-corrected chi connectivity index (χ2v) is 5.15. The fraction of sp³-hybridized carbons (Fsp3) is 0.700. The zero-order valence-corrected chi connectivity index (χ0v) is 10.0. The number of rotatable bonds is 3. The van der Waals surface area contributed by atoms with Crippen LogP contribution in [0.3, 0.4) is 0 Å². The van der Waals surface area contributed by atoms with E-state index < -0.39 is 0 Å². The fourth-order valence-electron chi connectivity index (χ4n) is 1.12. The Morgan fingerprint density at radius 3 is 2.57 bits per heavy atom. The normalized spacial score (nSPS) is 14.4. The molecule has 0 bridgehead atoms. The molecule has 3 nitrogen and oxygen atoms in total. The van der Waals surface area contributed by atoms with Crippen LogP contribution < -0.4 is 5.73 Å². The maximum atomic E-state index is 5.57. The Balaban J connectivity index is 2.87. The van der Waals surface area contributed by atoms with Crippen molar-refractivity contribution < 1.29 is 4.74 Å². The van der Waals surface area contributed by atoms with Crippen LogP contribution in [0.1, 0.15) is 37.6 Å². The molecule has 80 valence electrons. The summed E-state index contributed by atoms with van der Waals surface area (Å²) in [5.74, 6) is 0. The zero-order chi connectivity index (χ0) is 10.8. The van der Waals surface area contributed by atoms with Crippen molar-refractivity contribution in [2.75, 3.05) is 13.7 Å². The van der Waals surface area contributed by atoms with E-state index in [4.69, 9.17) is 10.5 Å². The lowest BCUT2D eigenvalue weighted by molar-refractivity contribution is 0.107. The van der Waals surface area contributed by atoms with Crippen LogP contribution in [0.4, 0.5) is 0 Å². The molecule has 2 N–H and O–H groups in total. The molecule has 1 unspecified atom stereocenters. The highest BCUT2D eigenvalue weighted by Crippen LogP contribution is 2.28. The van der Waals surface area contributed by atoms with Gasteiger partial charge in [0.2, 0.25) is 0 Å². The van der Waals surface area contributed by atoms with Gasteiger partial charge in [-0.1, -0.05) is 20.8 Å². The Labute approximate surface area is 89.3 Å². The lowest BCUT2D eigenvalue weighted by Gasteiger charge is -2.14. The van der Waals surface area contributed by atoms with E-state index in [9.17, 15) is 0 Å². The molecule has 1 atom stereocenters. The molecule has 0 saturated carbocycles. The third-order valence-electron chi connectivity index (χ3n) is 1.99. The van der Waals surface area contributed by atoms with E-state index in [1.54, 1.807) is 18.4 Å². The van der Waals surface area contributed by atoms with Crippen LogP contribution in [0.5, 0.6) is 0 Å². The molecule has 0 amide bonds. The summed E-state index contributed by atoms with van der Waals surface area (Å²) >= 11 is 1.67. The van der Waals surface area contributed by atoms with Gasteiger partial charge >= 0.3 is 0 Å². The van der Waals surface area contributed by atoms with Crippen molar-refractivity contribution in [1.82, 2.24) is 4.98 Å². The van der Waals surface area contributed by atoms with Crippen molar-refractivity contribution in [3.63, 3.8) is 0 Å². The average molecular weight is 214 g/mol. The Bertz CT molecular complexity index is 287. The monoisotopic (exact) mass is 214 g/mol. The largest absolute Gasteiger partial charge is 0.374 e. The van der Waals surface area contributed by atoms with Crippen LogP contribution in [0.15, 0.2) is 5.38 Å². The van der Waals surface area contributed by atoms with Gasteiger partial charge in [-0.25, -0.2) is 4.98 Å². The van der Waals surface area contributed by atoms with Crippen LogP contribution in [0, 0.1) is 0 Å². The highest BCUT2D eigenvalue weighted by atomic mass is 32.1. The van der Waals surface area contributed by atoms with Crippen LogP contribution in [-0.4, -0.2) is 18.6 Å². The third kappa shape index (κ3) is 2.53. The first-order chi connectivity index (χ1) is 6.49. The quantitative estimate of drug-likeness (QED) is 0.838. The molecular weight excluding hydrogens is 196 g/mol. The second-order valence-electron chi connectivity index (χ2n) is 4.29. The predicted octanol–water partition coefficient (Wildman–Crippen LogP) is 2.09. The maximum Gasteiger partial charge on any atom is 0.112 e. The summed E-state index contributed by atoms with van der Waals surface area (Å²) in [5.41, 5.74) is 6.63. The number of nitrogens with two attached hydrogens (primary N) is 1. The lowest BCUT2D eigenvalue weighted by Crippen LogP contribution is -2.16. The number of nitrogens with zero attached hydrogens (tertiary/aromatic N) is 1. The minimum atomic E-state index is -0.0673. The summed E-state index contributed by atoms with van der Waals surface area (Å²) in [5, 5.41) is 3.16. The van der Waals surface area contributed by atoms with E-state index in [1.165, 1.54) is 0 Å². The van der Waals surface area contributed by atoms with Gasteiger partial charge in [-0.15, -0.1) is 11.3 Å². The SMILES string of the molecule is COC(CN)c1csc(C(C)(C)C)n1. The van der Waals surface area contributed by atoms with Gasteiger partial charge in [0.1, 0.15) is 6.10 Å². The standard InChI is InChI=1S/C10H18N2OS/c1-10(2,3)9-12-7(6-14-9)8(5-11)13-4/h6,8H,5,11H2,1-4H3. The van der Waals surface area contributed by atoms with E-state index in [1.807, 2.05) is 5.38 Å². The van der Waals surface area contributed by atoms with Gasteiger partial charge in [0.25, 0.3) is 0 Å². The average Bonchev–Trinajstić information content (AvgIpc) is 2.54. The van der Waals surface area contributed by atoms with Gasteiger partial charge in [0.05, 0.1) is 10.7 Å². The zero-order valence-electron chi connectivity index (χ0n) is 9.20. The van der Waals surface area contributed by atoms with E-state index >= 15 is 0 Å². The first-order valence-electron chi connectivity index (χ1n) is 4.67. The molecule has 1 aromatic heterocycles. The molecule has 0 aliphatic heterocycles. The van der Waals surface area contributed by atoms with Gasteiger partial charge < -0.3 is 10.5 Å². The lowest BCUT2D eigenvalue weighted by atomic mass is 9.98. The summed E-state index contributed by atoms with van der Waals surface area (Å²) in [7, 11) is 1.66. The summed E-state index contributed by atoms with van der Waals surface area (Å²) < 4.78 is 5.23. The Morgan fingerprint density at radius 1 is 1.57 bits per heavy atom. The Kier molecular flexibility index (Phi) is 3.64. The van der Waals surface area contributed by atoms with E-state index in [0.717, 1.165) is 10.7 Å². The topological polar surface area (TPSA) is 48.1 Å². The van der Waals surface area contributed by atoms with E-state index in [0.29, 0.717) is 6.54 Å². The minimum absolute atomic E-state index is 0.0673. The van der Waals surface area contributed by atoms with Gasteiger partial charge in [-0.3, -0.25) is 0 Å². The summed E-state index contributed by atoms with van der Waals surface area (Å²) in [6.45, 7) is 6.93. The first kappa shape index (κ1) is 11.6. The second kappa shape index (κ2) is 4.38. The number of aromatic nitrogens is 1. The minimum Gasteiger partial charge on any atom is -0.374 e. The van der Waals surface area contributed by atoms with Crippen molar-refractivity contribution >= 4 is 11.3 Å². The van der Waals surface area contributed by atoms with Crippen LogP contribution in [0.25, 0.3) is 0 Å². The van der Waals surface area contributed by atoms with Crippen LogP contribution in [0.2, 0.25) is 0 Å². The number of ether oxygens (including phenoxy) is 1. The van der Waals surface area contributed by atoms with Crippen molar-refractivity contribution in [3.05, 3.63) is 16.1 Å². The van der Waals surface area contributed by atoms with Gasteiger partial charge in [0.15, 0.2) is 0 Å². The number of methoxy groups -OCH3 is 1. The number of hydrogen-bond acceptors (Lipinski definition) is 4. The highest BCUT2D eigenvalue weighted by molar-refractivity contribution is 7.09. The Morgan fingerprint density at radius 2 is 2.21 bits per heavy atom. The summed E-state index contributed by atoms with van der Waals surface area (Å²) in [6.07, 6.45) is -0.0673. The molecule has 14 heavy (non-hydrogen) atoms. The third-order valence-corrected chi connectivity index (χ3v) is 3.28. The smallest absolute Gasteiger partial charge is 0.112 e. The molecule has 0 fully saturated rings. The molecule has 1 aromatic rings. The predicted molar refractivity (Wildman–Crippen MR) is 59.6 cm³/mol. The van der Waals surface area contributed by atoms with Gasteiger partial charge in [-0.05, 0) is 0 Å². The molecule has 0 saturated heterocycles. The van der Waals surface area contributed by atoms with Crippen molar-refractivity contribution in [1.29, 1.82) is 0 Å². The van der Waals surface area contributed by atoms with Crippen LogP contribution >= 0.6 is 11.3 Å².